The smallest absolute Gasteiger partial charge is 0.328 e. The third-order valence-corrected chi connectivity index (χ3v) is 9.41. The van der Waals surface area contributed by atoms with E-state index >= 15 is 8.78 Å². The van der Waals surface area contributed by atoms with Crippen molar-refractivity contribution in [3.63, 3.8) is 0 Å². The zero-order valence-electron chi connectivity index (χ0n) is 24.5. The van der Waals surface area contributed by atoms with Gasteiger partial charge in [-0.3, -0.25) is 0 Å². The minimum Gasteiger partial charge on any atom is -0.478 e. The van der Waals surface area contributed by atoms with Gasteiger partial charge in [0.15, 0.2) is 11.6 Å². The highest BCUT2D eigenvalue weighted by atomic mass is 79.9. The Morgan fingerprint density at radius 1 is 1.16 bits per heavy atom. The summed E-state index contributed by atoms with van der Waals surface area (Å²) in [6, 6.07) is 15.1. The largest absolute Gasteiger partial charge is 0.478 e. The molecule has 0 amide bonds. The summed E-state index contributed by atoms with van der Waals surface area (Å²) >= 11 is 3.59. The molecule has 4 N–H and O–H groups in total. The summed E-state index contributed by atoms with van der Waals surface area (Å²) < 4.78 is 37.5. The van der Waals surface area contributed by atoms with Crippen molar-refractivity contribution in [1.29, 1.82) is 0 Å². The molecular formula is C35H32BrF2N3O4. The van der Waals surface area contributed by atoms with Gasteiger partial charge >= 0.3 is 5.97 Å². The number of nitrogens with one attached hydrogen (secondary N) is 2. The van der Waals surface area contributed by atoms with Gasteiger partial charge < -0.3 is 24.9 Å². The second-order valence-corrected chi connectivity index (χ2v) is 12.9. The van der Waals surface area contributed by atoms with Crippen LogP contribution < -0.4 is 4.74 Å². The molecule has 1 saturated carbocycles. The molecule has 3 aromatic carbocycles. The second-order valence-electron chi connectivity index (χ2n) is 12.0. The highest BCUT2D eigenvalue weighted by Gasteiger charge is 2.42. The fourth-order valence-electron chi connectivity index (χ4n) is 5.96. The Hall–Kier alpha value is -4.28. The van der Waals surface area contributed by atoms with Crippen molar-refractivity contribution >= 4 is 38.9 Å². The number of ether oxygens (including phenoxy) is 1. The lowest BCUT2D eigenvalue weighted by atomic mass is 9.75. The van der Waals surface area contributed by atoms with E-state index in [-0.39, 0.29) is 40.5 Å². The number of benzene rings is 3. The first-order valence-corrected chi connectivity index (χ1v) is 15.5. The molecule has 1 atom stereocenters. The molecule has 2 aromatic heterocycles. The predicted molar refractivity (Wildman–Crippen MR) is 172 cm³/mol. The summed E-state index contributed by atoms with van der Waals surface area (Å²) in [5, 5.41) is 19.6. The Kier molecular flexibility index (Phi) is 8.37. The monoisotopic (exact) mass is 675 g/mol. The number of aromatic nitrogens is 3. The SMILES string of the molecule is CC(CCCC1(CO)CC1)(c1cccc(Br)c1)c1cnc(-c2cc(Oc3c(F)cc4[nH]ccc4c3/C=C/C(=O)O)ccc2F)[nH]1. The average Bonchev–Trinajstić information content (AvgIpc) is 3.37. The number of carboxylic acid groups (broad SMARTS) is 1. The Labute approximate surface area is 267 Å². The van der Waals surface area contributed by atoms with Gasteiger partial charge in [0.2, 0.25) is 0 Å². The molecule has 1 fully saturated rings. The van der Waals surface area contributed by atoms with E-state index in [1.54, 1.807) is 18.5 Å². The average molecular weight is 677 g/mol. The summed E-state index contributed by atoms with van der Waals surface area (Å²) in [5.74, 6) is -2.19. The summed E-state index contributed by atoms with van der Waals surface area (Å²) in [4.78, 5) is 22.1. The molecule has 0 aliphatic heterocycles. The van der Waals surface area contributed by atoms with Gasteiger partial charge in [0, 0.05) is 63.2 Å². The van der Waals surface area contributed by atoms with E-state index in [4.69, 9.17) is 4.74 Å². The maximum atomic E-state index is 15.3. The zero-order chi connectivity index (χ0) is 31.8. The number of rotatable bonds is 12. The van der Waals surface area contributed by atoms with Gasteiger partial charge in [0.25, 0.3) is 0 Å². The first-order valence-electron chi connectivity index (χ1n) is 14.7. The van der Waals surface area contributed by atoms with E-state index in [0.717, 1.165) is 53.9 Å². The normalized spacial score (nSPS) is 15.4. The van der Waals surface area contributed by atoms with E-state index in [0.29, 0.717) is 10.9 Å². The maximum absolute atomic E-state index is 15.3. The fraction of sp³-hybridized carbons (Fsp3) is 0.257. The maximum Gasteiger partial charge on any atom is 0.328 e. The number of nitrogens with zero attached hydrogens (tertiary/aromatic N) is 1. The van der Waals surface area contributed by atoms with Gasteiger partial charge in [-0.05, 0) is 86.1 Å². The van der Waals surface area contributed by atoms with Gasteiger partial charge in [-0.15, -0.1) is 0 Å². The molecule has 0 saturated heterocycles. The van der Waals surface area contributed by atoms with Crippen LogP contribution in [-0.2, 0) is 10.2 Å². The molecular weight excluding hydrogens is 644 g/mol. The van der Waals surface area contributed by atoms with E-state index in [9.17, 15) is 15.0 Å². The van der Waals surface area contributed by atoms with E-state index in [1.807, 2.05) is 12.1 Å². The third-order valence-electron chi connectivity index (χ3n) is 8.92. The van der Waals surface area contributed by atoms with Gasteiger partial charge in [0.1, 0.15) is 17.4 Å². The lowest BCUT2D eigenvalue weighted by molar-refractivity contribution is -0.131. The number of H-pyrrole nitrogens is 2. The van der Waals surface area contributed by atoms with Crippen molar-refractivity contribution in [1.82, 2.24) is 15.0 Å². The van der Waals surface area contributed by atoms with Crippen LogP contribution in [0.25, 0.3) is 28.4 Å². The first-order chi connectivity index (χ1) is 21.6. The van der Waals surface area contributed by atoms with Crippen LogP contribution in [0.15, 0.2) is 77.5 Å². The lowest BCUT2D eigenvalue weighted by Crippen LogP contribution is -2.25. The number of hydrogen-bond donors (Lipinski definition) is 4. The molecule has 5 aromatic rings. The summed E-state index contributed by atoms with van der Waals surface area (Å²) in [6.45, 7) is 2.33. The van der Waals surface area contributed by atoms with Crippen LogP contribution in [0.3, 0.4) is 0 Å². The Balaban J connectivity index is 1.34. The molecule has 0 bridgehead atoms. The molecule has 0 radical (unpaired) electrons. The summed E-state index contributed by atoms with van der Waals surface area (Å²) in [7, 11) is 0. The molecule has 1 unspecified atom stereocenters. The molecule has 0 spiro atoms. The van der Waals surface area contributed by atoms with Crippen LogP contribution in [0.4, 0.5) is 8.78 Å². The number of imidazole rings is 1. The number of hydrogen-bond acceptors (Lipinski definition) is 4. The van der Waals surface area contributed by atoms with Gasteiger partial charge in [0.05, 0.1) is 5.56 Å². The van der Waals surface area contributed by atoms with Crippen LogP contribution in [-0.4, -0.2) is 37.7 Å². The fourth-order valence-corrected chi connectivity index (χ4v) is 6.36. The molecule has 1 aliphatic rings. The summed E-state index contributed by atoms with van der Waals surface area (Å²) in [5.41, 5.74) is 2.28. The third kappa shape index (κ3) is 6.30. The minimum absolute atomic E-state index is 0.0370. The molecule has 232 valence electrons. The quantitative estimate of drug-likeness (QED) is 0.0989. The van der Waals surface area contributed by atoms with E-state index in [2.05, 4.69) is 49.9 Å². The highest BCUT2D eigenvalue weighted by Crippen LogP contribution is 2.50. The van der Waals surface area contributed by atoms with Crippen molar-refractivity contribution in [2.45, 2.75) is 44.4 Å². The molecule has 6 rings (SSSR count). The number of carboxylic acids is 1. The standard InChI is InChI=1S/C35H32BrF2N3O4/c1-34(21-4-2-5-22(36)16-21,11-3-12-35(20-42)13-14-35)30-19-40-33(41-30)26-17-23(6-8-27(26)37)45-32-25(7-9-31(43)44)24-10-15-39-29(24)18-28(32)38/h2,4-10,15-19,39,42H,3,11-14,20H2,1H3,(H,40,41)(H,43,44)/b9-7+. The first kappa shape index (κ1) is 30.7. The topological polar surface area (TPSA) is 111 Å². The van der Waals surface area contributed by atoms with Gasteiger partial charge in [-0.25, -0.2) is 18.6 Å². The van der Waals surface area contributed by atoms with Crippen molar-refractivity contribution in [3.05, 3.63) is 106 Å². The predicted octanol–water partition coefficient (Wildman–Crippen LogP) is 8.74. The van der Waals surface area contributed by atoms with E-state index in [1.165, 1.54) is 30.3 Å². The number of halogens is 3. The lowest BCUT2D eigenvalue weighted by Gasteiger charge is -2.30. The number of carbonyl (C=O) groups is 1. The molecule has 2 heterocycles. The minimum atomic E-state index is -1.19. The zero-order valence-corrected chi connectivity index (χ0v) is 26.1. The Morgan fingerprint density at radius 2 is 1.98 bits per heavy atom. The number of aromatic amines is 2. The summed E-state index contributed by atoms with van der Waals surface area (Å²) in [6.07, 6.45) is 10.2. The van der Waals surface area contributed by atoms with Crippen LogP contribution >= 0.6 is 15.9 Å². The number of fused-ring (bicyclic) bond motifs is 1. The molecule has 7 nitrogen and oxygen atoms in total. The highest BCUT2D eigenvalue weighted by molar-refractivity contribution is 9.10. The molecule has 45 heavy (non-hydrogen) atoms. The van der Waals surface area contributed by atoms with Crippen LogP contribution in [0.2, 0.25) is 0 Å². The molecule has 1 aliphatic carbocycles. The van der Waals surface area contributed by atoms with Gasteiger partial charge in [-0.2, -0.15) is 0 Å². The number of aliphatic hydroxyl groups excluding tert-OH is 1. The van der Waals surface area contributed by atoms with Crippen molar-refractivity contribution in [3.8, 4) is 22.9 Å². The number of aliphatic hydroxyl groups is 1. The number of aliphatic carboxylic acids is 1. The van der Waals surface area contributed by atoms with E-state index < -0.39 is 23.0 Å². The Morgan fingerprint density at radius 3 is 2.71 bits per heavy atom. The van der Waals surface area contributed by atoms with Crippen molar-refractivity contribution in [2.24, 2.45) is 5.41 Å². The Bertz CT molecular complexity index is 1910. The van der Waals surface area contributed by atoms with Gasteiger partial charge in [-0.1, -0.05) is 34.5 Å². The van der Waals surface area contributed by atoms with Crippen LogP contribution in [0.1, 0.15) is 55.8 Å². The van der Waals surface area contributed by atoms with Crippen LogP contribution in [0.5, 0.6) is 11.5 Å². The van der Waals surface area contributed by atoms with Crippen molar-refractivity contribution < 1.29 is 28.5 Å². The molecule has 10 heteroatoms. The second kappa shape index (κ2) is 12.3. The van der Waals surface area contributed by atoms with Crippen LogP contribution in [0, 0.1) is 17.0 Å². The van der Waals surface area contributed by atoms with Crippen molar-refractivity contribution in [2.75, 3.05) is 6.61 Å².